The maximum absolute atomic E-state index is 13.1. The van der Waals surface area contributed by atoms with Gasteiger partial charge in [0.2, 0.25) is 10.0 Å². The van der Waals surface area contributed by atoms with E-state index in [-0.39, 0.29) is 4.90 Å². The summed E-state index contributed by atoms with van der Waals surface area (Å²) < 4.78 is 39.0. The first-order chi connectivity index (χ1) is 12.5. The van der Waals surface area contributed by atoms with Crippen LogP contribution in [-0.4, -0.2) is 53.1 Å². The Labute approximate surface area is 162 Å². The van der Waals surface area contributed by atoms with E-state index < -0.39 is 10.0 Å². The van der Waals surface area contributed by atoms with Crippen LogP contribution in [0.25, 0.3) is 0 Å². The Hall–Kier alpha value is -1.77. The van der Waals surface area contributed by atoms with E-state index in [0.29, 0.717) is 42.2 Å². The van der Waals surface area contributed by atoms with Gasteiger partial charge >= 0.3 is 0 Å². The Balaban J connectivity index is 1.84. The molecule has 0 atom stereocenters. The van der Waals surface area contributed by atoms with Crippen molar-refractivity contribution in [3.8, 4) is 11.5 Å². The van der Waals surface area contributed by atoms with Gasteiger partial charge in [0.05, 0.1) is 18.7 Å². The van der Waals surface area contributed by atoms with Gasteiger partial charge in [0, 0.05) is 37.9 Å². The molecule has 1 aliphatic rings. The number of sulfonamides is 1. The van der Waals surface area contributed by atoms with E-state index in [4.69, 9.17) is 9.47 Å². The summed E-state index contributed by atoms with van der Waals surface area (Å²) in [6.45, 7) is 2.11. The van der Waals surface area contributed by atoms with Crippen molar-refractivity contribution in [1.29, 1.82) is 0 Å². The standard InChI is InChI=1S/C18H21BrN2O4S/c1-24-16-13-18(17(25-2)12-15(16)19)26(22,23)21-10-8-20(9-11-21)14-6-4-3-5-7-14/h3-7,12-13H,8-11H2,1-2H3. The lowest BCUT2D eigenvalue weighted by atomic mass is 10.2. The van der Waals surface area contributed by atoms with E-state index in [1.807, 2.05) is 30.3 Å². The number of para-hydroxylation sites is 1. The maximum atomic E-state index is 13.1. The number of hydrogen-bond acceptors (Lipinski definition) is 5. The number of rotatable bonds is 5. The Bertz CT molecular complexity index is 866. The van der Waals surface area contributed by atoms with Crippen LogP contribution >= 0.6 is 15.9 Å². The highest BCUT2D eigenvalue weighted by Gasteiger charge is 2.32. The van der Waals surface area contributed by atoms with Crippen molar-refractivity contribution in [3.05, 3.63) is 46.9 Å². The van der Waals surface area contributed by atoms with Crippen LogP contribution in [0.5, 0.6) is 11.5 Å². The van der Waals surface area contributed by atoms with Gasteiger partial charge in [0.15, 0.2) is 0 Å². The van der Waals surface area contributed by atoms with E-state index in [2.05, 4.69) is 20.8 Å². The van der Waals surface area contributed by atoms with Crippen molar-refractivity contribution in [3.63, 3.8) is 0 Å². The van der Waals surface area contributed by atoms with Gasteiger partial charge in [-0.3, -0.25) is 0 Å². The van der Waals surface area contributed by atoms with E-state index in [1.54, 1.807) is 6.07 Å². The first-order valence-electron chi connectivity index (χ1n) is 8.19. The molecule has 26 heavy (non-hydrogen) atoms. The summed E-state index contributed by atoms with van der Waals surface area (Å²) in [6, 6.07) is 13.1. The first kappa shape index (κ1) is 19.0. The third kappa shape index (κ3) is 3.67. The molecule has 0 unspecified atom stereocenters. The lowest BCUT2D eigenvalue weighted by molar-refractivity contribution is 0.370. The molecule has 2 aromatic rings. The number of methoxy groups -OCH3 is 2. The molecule has 1 aliphatic heterocycles. The van der Waals surface area contributed by atoms with Gasteiger partial charge in [0.1, 0.15) is 16.4 Å². The normalized spacial score (nSPS) is 15.7. The number of nitrogens with zero attached hydrogens (tertiary/aromatic N) is 2. The third-order valence-electron chi connectivity index (χ3n) is 4.42. The van der Waals surface area contributed by atoms with Gasteiger partial charge in [-0.1, -0.05) is 18.2 Å². The minimum Gasteiger partial charge on any atom is -0.496 e. The molecule has 0 bridgehead atoms. The fraction of sp³-hybridized carbons (Fsp3) is 0.333. The van der Waals surface area contributed by atoms with Gasteiger partial charge in [-0.2, -0.15) is 4.31 Å². The molecule has 1 saturated heterocycles. The van der Waals surface area contributed by atoms with Crippen LogP contribution in [0.15, 0.2) is 51.8 Å². The second-order valence-electron chi connectivity index (χ2n) is 5.86. The number of ether oxygens (including phenoxy) is 2. The number of hydrogen-bond donors (Lipinski definition) is 0. The van der Waals surface area contributed by atoms with Crippen LogP contribution in [0, 0.1) is 0 Å². The number of benzene rings is 2. The lowest BCUT2D eigenvalue weighted by Crippen LogP contribution is -2.48. The van der Waals surface area contributed by atoms with Crippen molar-refractivity contribution in [1.82, 2.24) is 4.31 Å². The summed E-state index contributed by atoms with van der Waals surface area (Å²) >= 11 is 3.36. The quantitative estimate of drug-likeness (QED) is 0.714. The number of anilines is 1. The second-order valence-corrected chi connectivity index (χ2v) is 8.62. The van der Waals surface area contributed by atoms with Crippen molar-refractivity contribution < 1.29 is 17.9 Å². The van der Waals surface area contributed by atoms with Gasteiger partial charge in [0.25, 0.3) is 0 Å². The fourth-order valence-electron chi connectivity index (χ4n) is 3.00. The average molecular weight is 441 g/mol. The molecule has 0 aromatic heterocycles. The smallest absolute Gasteiger partial charge is 0.247 e. The van der Waals surface area contributed by atoms with E-state index >= 15 is 0 Å². The summed E-state index contributed by atoms with van der Waals surface area (Å²) in [5, 5.41) is 0. The molecule has 6 nitrogen and oxygen atoms in total. The van der Waals surface area contributed by atoms with Crippen LogP contribution in [0.1, 0.15) is 0 Å². The Morgan fingerprint density at radius 1 is 0.923 bits per heavy atom. The van der Waals surface area contributed by atoms with E-state index in [0.717, 1.165) is 5.69 Å². The summed E-state index contributed by atoms with van der Waals surface area (Å²) in [5.41, 5.74) is 1.10. The van der Waals surface area contributed by atoms with Gasteiger partial charge in [-0.15, -0.1) is 0 Å². The molecule has 0 spiro atoms. The highest BCUT2D eigenvalue weighted by Crippen LogP contribution is 2.36. The van der Waals surface area contributed by atoms with Crippen molar-refractivity contribution >= 4 is 31.6 Å². The maximum Gasteiger partial charge on any atom is 0.247 e. The molecule has 140 valence electrons. The zero-order chi connectivity index (χ0) is 18.7. The van der Waals surface area contributed by atoms with Gasteiger partial charge in [-0.25, -0.2) is 8.42 Å². The topological polar surface area (TPSA) is 59.1 Å². The molecule has 2 aromatic carbocycles. The molecule has 8 heteroatoms. The van der Waals surface area contributed by atoms with E-state index in [9.17, 15) is 8.42 Å². The molecule has 0 radical (unpaired) electrons. The minimum atomic E-state index is -3.68. The van der Waals surface area contributed by atoms with Crippen molar-refractivity contribution in [2.45, 2.75) is 4.90 Å². The number of piperazine rings is 1. The summed E-state index contributed by atoms with van der Waals surface area (Å²) in [6.07, 6.45) is 0. The van der Waals surface area contributed by atoms with Crippen molar-refractivity contribution in [2.75, 3.05) is 45.3 Å². The fourth-order valence-corrected chi connectivity index (χ4v) is 5.06. The average Bonchev–Trinajstić information content (AvgIpc) is 2.68. The Morgan fingerprint density at radius 2 is 1.54 bits per heavy atom. The molecule has 0 saturated carbocycles. The van der Waals surface area contributed by atoms with Gasteiger partial charge in [-0.05, 0) is 34.1 Å². The van der Waals surface area contributed by atoms with Crippen LogP contribution in [-0.2, 0) is 10.0 Å². The Morgan fingerprint density at radius 3 is 2.12 bits per heavy atom. The largest absolute Gasteiger partial charge is 0.496 e. The molecule has 0 amide bonds. The predicted octanol–water partition coefficient (Wildman–Crippen LogP) is 2.98. The zero-order valence-corrected chi connectivity index (χ0v) is 17.1. The summed E-state index contributed by atoms with van der Waals surface area (Å²) in [5.74, 6) is 0.746. The molecular weight excluding hydrogens is 420 g/mol. The van der Waals surface area contributed by atoms with E-state index in [1.165, 1.54) is 24.6 Å². The summed E-state index contributed by atoms with van der Waals surface area (Å²) in [4.78, 5) is 2.30. The molecule has 0 aliphatic carbocycles. The van der Waals surface area contributed by atoms with Crippen molar-refractivity contribution in [2.24, 2.45) is 0 Å². The van der Waals surface area contributed by atoms with Crippen LogP contribution < -0.4 is 14.4 Å². The molecule has 3 rings (SSSR count). The zero-order valence-electron chi connectivity index (χ0n) is 14.7. The first-order valence-corrected chi connectivity index (χ1v) is 10.4. The van der Waals surface area contributed by atoms with Crippen LogP contribution in [0.2, 0.25) is 0 Å². The monoisotopic (exact) mass is 440 g/mol. The van der Waals surface area contributed by atoms with Crippen LogP contribution in [0.3, 0.4) is 0 Å². The SMILES string of the molecule is COc1cc(S(=O)(=O)N2CCN(c3ccccc3)CC2)c(OC)cc1Br. The number of halogens is 1. The molecule has 0 N–H and O–H groups in total. The third-order valence-corrected chi connectivity index (χ3v) is 6.96. The lowest BCUT2D eigenvalue weighted by Gasteiger charge is -2.35. The highest BCUT2D eigenvalue weighted by atomic mass is 79.9. The molecular formula is C18H21BrN2O4S. The molecule has 1 heterocycles. The van der Waals surface area contributed by atoms with Gasteiger partial charge < -0.3 is 14.4 Å². The second kappa shape index (κ2) is 7.85. The highest BCUT2D eigenvalue weighted by molar-refractivity contribution is 9.10. The molecule has 1 fully saturated rings. The minimum absolute atomic E-state index is 0.119. The summed E-state index contributed by atoms with van der Waals surface area (Å²) in [7, 11) is -0.718. The Kier molecular flexibility index (Phi) is 5.74. The van der Waals surface area contributed by atoms with Crippen LogP contribution in [0.4, 0.5) is 5.69 Å². The predicted molar refractivity (Wildman–Crippen MR) is 105 cm³/mol.